The molecule has 1 aromatic heterocycles. The predicted octanol–water partition coefficient (Wildman–Crippen LogP) is 3.61. The summed E-state index contributed by atoms with van der Waals surface area (Å²) in [7, 11) is 1.74. The van der Waals surface area contributed by atoms with Crippen LogP contribution in [-0.2, 0) is 0 Å². The topological polar surface area (TPSA) is 73.7 Å². The molecule has 2 heterocycles. The highest BCUT2D eigenvalue weighted by Gasteiger charge is 2.24. The highest BCUT2D eigenvalue weighted by molar-refractivity contribution is 5.94. The molecule has 7 heteroatoms. The largest absolute Gasteiger partial charge is 0.486 e. The van der Waals surface area contributed by atoms with E-state index in [1.54, 1.807) is 53.8 Å². The van der Waals surface area contributed by atoms with Crippen LogP contribution in [0.25, 0.3) is 16.6 Å². The first kappa shape index (κ1) is 20.8. The summed E-state index contributed by atoms with van der Waals surface area (Å²) in [6.45, 7) is 2.57. The molecule has 4 aromatic rings. The number of aromatic nitrogens is 2. The molecule has 1 atom stereocenters. The Hall–Kier alpha value is -4.13. The quantitative estimate of drug-likeness (QED) is 0.484. The van der Waals surface area contributed by atoms with E-state index in [1.807, 2.05) is 42.5 Å². The molecule has 0 saturated carbocycles. The molecule has 0 saturated heterocycles. The zero-order chi connectivity index (χ0) is 22.9. The van der Waals surface area contributed by atoms with Gasteiger partial charge in [-0.1, -0.05) is 24.3 Å². The van der Waals surface area contributed by atoms with Crippen molar-refractivity contribution in [1.82, 2.24) is 14.5 Å². The van der Waals surface area contributed by atoms with Crippen LogP contribution in [0.15, 0.2) is 77.6 Å². The van der Waals surface area contributed by atoms with Crippen LogP contribution in [0.2, 0.25) is 0 Å². The Bertz CT molecular complexity index is 1400. The van der Waals surface area contributed by atoms with Crippen molar-refractivity contribution < 1.29 is 14.3 Å². The number of nitrogens with zero attached hydrogens (tertiary/aromatic N) is 3. The molecule has 1 aliphatic heterocycles. The second-order valence-electron chi connectivity index (χ2n) is 8.05. The summed E-state index contributed by atoms with van der Waals surface area (Å²) in [6.07, 6.45) is -0.252. The first-order chi connectivity index (χ1) is 16.0. The second-order valence-corrected chi connectivity index (χ2v) is 8.05. The van der Waals surface area contributed by atoms with Crippen LogP contribution in [0.4, 0.5) is 0 Å². The van der Waals surface area contributed by atoms with E-state index < -0.39 is 0 Å². The van der Waals surface area contributed by atoms with Crippen LogP contribution in [0, 0.1) is 6.92 Å². The summed E-state index contributed by atoms with van der Waals surface area (Å²) in [5.41, 5.74) is 1.72. The lowest BCUT2D eigenvalue weighted by molar-refractivity contribution is 0.0521. The Morgan fingerprint density at radius 3 is 2.52 bits per heavy atom. The van der Waals surface area contributed by atoms with Crippen molar-refractivity contribution in [3.63, 3.8) is 0 Å². The number of hydrogen-bond donors (Lipinski definition) is 0. The fourth-order valence-electron chi connectivity index (χ4n) is 4.06. The normalized spacial score (nSPS) is 14.8. The van der Waals surface area contributed by atoms with Gasteiger partial charge in [-0.25, -0.2) is 4.98 Å². The summed E-state index contributed by atoms with van der Waals surface area (Å²) in [5.74, 6) is 1.85. The maximum Gasteiger partial charge on any atom is 0.265 e. The number of hydrogen-bond acceptors (Lipinski definition) is 5. The molecule has 0 N–H and O–H groups in total. The first-order valence-corrected chi connectivity index (χ1v) is 10.7. The van der Waals surface area contributed by atoms with Crippen molar-refractivity contribution in [3.05, 3.63) is 94.5 Å². The number of ether oxygens (including phenoxy) is 2. The third-order valence-electron chi connectivity index (χ3n) is 5.71. The summed E-state index contributed by atoms with van der Waals surface area (Å²) < 4.78 is 13.3. The predicted molar refractivity (Wildman–Crippen MR) is 125 cm³/mol. The van der Waals surface area contributed by atoms with Crippen molar-refractivity contribution in [2.24, 2.45) is 0 Å². The zero-order valence-corrected chi connectivity index (χ0v) is 18.4. The van der Waals surface area contributed by atoms with Gasteiger partial charge in [-0.15, -0.1) is 0 Å². The molecular formula is C26H23N3O4. The van der Waals surface area contributed by atoms with Crippen LogP contribution in [0.3, 0.4) is 0 Å². The lowest BCUT2D eigenvalue weighted by Crippen LogP contribution is -2.41. The Labute approximate surface area is 190 Å². The highest BCUT2D eigenvalue weighted by Crippen LogP contribution is 2.31. The van der Waals surface area contributed by atoms with Crippen LogP contribution in [0.1, 0.15) is 16.2 Å². The molecule has 0 bridgehead atoms. The second kappa shape index (κ2) is 8.43. The molecule has 1 aliphatic rings. The molecule has 166 valence electrons. The molecule has 3 aromatic carbocycles. The maximum absolute atomic E-state index is 13.0. The summed E-state index contributed by atoms with van der Waals surface area (Å²) in [4.78, 5) is 32.1. The molecule has 7 nitrogen and oxygen atoms in total. The summed E-state index contributed by atoms with van der Waals surface area (Å²) >= 11 is 0. The number of amides is 1. The Morgan fingerprint density at radius 2 is 1.73 bits per heavy atom. The number of carbonyl (C=O) groups is 1. The molecule has 0 unspecified atom stereocenters. The molecule has 0 fully saturated rings. The standard InChI is InChI=1S/C26H23N3O4/c1-17-27-22-8-4-3-7-21(22)26(31)29(17)19-13-11-18(12-14-19)25(30)28(2)15-20-16-32-23-9-5-6-10-24(23)33-20/h3-14,20H,15-16H2,1-2H3/t20-/m1/s1. The Kier molecular flexibility index (Phi) is 5.30. The van der Waals surface area contributed by atoms with Crippen LogP contribution < -0.4 is 15.0 Å². The average Bonchev–Trinajstić information content (AvgIpc) is 2.84. The number of likely N-dealkylation sites (N-methyl/N-ethyl adjacent to an activating group) is 1. The van der Waals surface area contributed by atoms with Gasteiger partial charge in [0.15, 0.2) is 17.6 Å². The van der Waals surface area contributed by atoms with Gasteiger partial charge in [0, 0.05) is 12.6 Å². The lowest BCUT2D eigenvalue weighted by Gasteiger charge is -2.29. The van der Waals surface area contributed by atoms with Gasteiger partial charge in [0.05, 0.1) is 23.1 Å². The SMILES string of the molecule is Cc1nc2ccccc2c(=O)n1-c1ccc(C(=O)N(C)C[C@@H]2COc3ccccc3O2)cc1. The molecule has 1 amide bonds. The van der Waals surface area contributed by atoms with E-state index in [1.165, 1.54) is 0 Å². The molecule has 33 heavy (non-hydrogen) atoms. The monoisotopic (exact) mass is 441 g/mol. The van der Waals surface area contributed by atoms with E-state index in [4.69, 9.17) is 9.47 Å². The van der Waals surface area contributed by atoms with Crippen molar-refractivity contribution in [2.75, 3.05) is 20.2 Å². The van der Waals surface area contributed by atoms with E-state index in [0.29, 0.717) is 52.6 Å². The van der Waals surface area contributed by atoms with Crippen LogP contribution >= 0.6 is 0 Å². The minimum absolute atomic E-state index is 0.135. The van der Waals surface area contributed by atoms with Gasteiger partial charge in [-0.05, 0) is 55.5 Å². The third-order valence-corrected chi connectivity index (χ3v) is 5.71. The van der Waals surface area contributed by atoms with Gasteiger partial charge in [-0.3, -0.25) is 14.2 Å². The van der Waals surface area contributed by atoms with Crippen molar-refractivity contribution in [1.29, 1.82) is 0 Å². The van der Waals surface area contributed by atoms with Crippen molar-refractivity contribution >= 4 is 16.8 Å². The van der Waals surface area contributed by atoms with Gasteiger partial charge < -0.3 is 14.4 Å². The fourth-order valence-corrected chi connectivity index (χ4v) is 4.06. The summed E-state index contributed by atoms with van der Waals surface area (Å²) in [6, 6.07) is 21.8. The minimum atomic E-state index is -0.252. The molecule has 0 radical (unpaired) electrons. The van der Waals surface area contributed by atoms with E-state index in [9.17, 15) is 9.59 Å². The molecule has 5 rings (SSSR count). The van der Waals surface area contributed by atoms with Gasteiger partial charge >= 0.3 is 0 Å². The van der Waals surface area contributed by atoms with Crippen molar-refractivity contribution in [2.45, 2.75) is 13.0 Å². The van der Waals surface area contributed by atoms with Gasteiger partial charge in [0.1, 0.15) is 12.4 Å². The van der Waals surface area contributed by atoms with Crippen LogP contribution in [-0.4, -0.2) is 46.7 Å². The number of benzene rings is 3. The molecule has 0 spiro atoms. The maximum atomic E-state index is 13.0. The third kappa shape index (κ3) is 3.93. The molecular weight excluding hydrogens is 418 g/mol. The number of fused-ring (bicyclic) bond motifs is 2. The average molecular weight is 441 g/mol. The fraction of sp³-hybridized carbons (Fsp3) is 0.192. The van der Waals surface area contributed by atoms with E-state index in [0.717, 1.165) is 0 Å². The number of para-hydroxylation sites is 3. The van der Waals surface area contributed by atoms with E-state index >= 15 is 0 Å². The minimum Gasteiger partial charge on any atom is -0.486 e. The number of aryl methyl sites for hydroxylation is 1. The first-order valence-electron chi connectivity index (χ1n) is 10.7. The molecule has 0 aliphatic carbocycles. The van der Waals surface area contributed by atoms with Gasteiger partial charge in [0.2, 0.25) is 0 Å². The van der Waals surface area contributed by atoms with E-state index in [-0.39, 0.29) is 17.6 Å². The number of rotatable bonds is 4. The van der Waals surface area contributed by atoms with Crippen LogP contribution in [0.5, 0.6) is 11.5 Å². The van der Waals surface area contributed by atoms with Crippen molar-refractivity contribution in [3.8, 4) is 17.2 Å². The Morgan fingerprint density at radius 1 is 1.03 bits per heavy atom. The lowest BCUT2D eigenvalue weighted by atomic mass is 10.1. The van der Waals surface area contributed by atoms with Gasteiger partial charge in [0.25, 0.3) is 11.5 Å². The smallest absolute Gasteiger partial charge is 0.265 e. The van der Waals surface area contributed by atoms with Gasteiger partial charge in [-0.2, -0.15) is 0 Å². The summed E-state index contributed by atoms with van der Waals surface area (Å²) in [5, 5.41) is 0.555. The Balaban J connectivity index is 1.33. The highest BCUT2D eigenvalue weighted by atomic mass is 16.6. The number of carbonyl (C=O) groups excluding carboxylic acids is 1. The van der Waals surface area contributed by atoms with E-state index in [2.05, 4.69) is 4.98 Å². The zero-order valence-electron chi connectivity index (χ0n) is 18.4.